The second kappa shape index (κ2) is 9.47. The third-order valence-corrected chi connectivity index (χ3v) is 6.67. The predicted octanol–water partition coefficient (Wildman–Crippen LogP) is 3.00. The van der Waals surface area contributed by atoms with Crippen LogP contribution in [-0.2, 0) is 20.0 Å². The van der Waals surface area contributed by atoms with Crippen LogP contribution >= 0.6 is 11.3 Å². The van der Waals surface area contributed by atoms with Gasteiger partial charge in [-0.25, -0.2) is 9.98 Å². The van der Waals surface area contributed by atoms with Crippen molar-refractivity contribution in [1.29, 1.82) is 0 Å². The summed E-state index contributed by atoms with van der Waals surface area (Å²) in [6, 6.07) is 8.31. The molecule has 2 aromatic heterocycles. The van der Waals surface area contributed by atoms with Gasteiger partial charge in [-0.05, 0) is 26.8 Å². The van der Waals surface area contributed by atoms with E-state index in [9.17, 15) is 0 Å². The van der Waals surface area contributed by atoms with Crippen LogP contribution in [-0.4, -0.2) is 38.9 Å². The summed E-state index contributed by atoms with van der Waals surface area (Å²) in [5.74, 6) is 3.40. The summed E-state index contributed by atoms with van der Waals surface area (Å²) in [6.45, 7) is 8.00. The number of hydrogen-bond acceptors (Lipinski definition) is 6. The molecule has 0 spiro atoms. The number of aryl methyl sites for hydroxylation is 3. The van der Waals surface area contributed by atoms with Crippen molar-refractivity contribution in [2.24, 2.45) is 12.0 Å². The number of para-hydroxylation sites is 1. The molecule has 3 aromatic rings. The van der Waals surface area contributed by atoms with Gasteiger partial charge in [0.2, 0.25) is 0 Å². The van der Waals surface area contributed by atoms with E-state index in [1.54, 1.807) is 11.3 Å². The number of aromatic nitrogens is 4. The Hall–Kier alpha value is -2.94. The van der Waals surface area contributed by atoms with Crippen LogP contribution in [0.2, 0.25) is 0 Å². The fourth-order valence-electron chi connectivity index (χ4n) is 3.48. The highest BCUT2D eigenvalue weighted by molar-refractivity contribution is 7.11. The van der Waals surface area contributed by atoms with Crippen LogP contribution in [0.4, 0.5) is 0 Å². The average molecular weight is 440 g/mol. The van der Waals surface area contributed by atoms with Gasteiger partial charge in [-0.2, -0.15) is 0 Å². The number of thiazole rings is 1. The fourth-order valence-corrected chi connectivity index (χ4v) is 4.42. The van der Waals surface area contributed by atoms with E-state index in [0.717, 1.165) is 59.0 Å². The fraction of sp³-hybridized carbons (Fsp3) is 0.455. The van der Waals surface area contributed by atoms with Crippen LogP contribution in [0.3, 0.4) is 0 Å². The molecule has 0 bridgehead atoms. The summed E-state index contributed by atoms with van der Waals surface area (Å²) < 4.78 is 7.77. The van der Waals surface area contributed by atoms with E-state index < -0.39 is 0 Å². The first-order chi connectivity index (χ1) is 15.0. The maximum atomic E-state index is 5.81. The Morgan fingerprint density at radius 1 is 1.26 bits per heavy atom. The number of hydrogen-bond donors (Lipinski definition) is 2. The van der Waals surface area contributed by atoms with Crippen molar-refractivity contribution in [2.45, 2.75) is 46.2 Å². The largest absolute Gasteiger partial charge is 0.493 e. The Morgan fingerprint density at radius 3 is 2.84 bits per heavy atom. The van der Waals surface area contributed by atoms with Gasteiger partial charge < -0.3 is 19.9 Å². The Balaban J connectivity index is 1.48. The topological polar surface area (TPSA) is 89.3 Å². The van der Waals surface area contributed by atoms with Gasteiger partial charge in [0.15, 0.2) is 11.8 Å². The van der Waals surface area contributed by atoms with Gasteiger partial charge in [0.25, 0.3) is 0 Å². The number of guanidine groups is 1. The van der Waals surface area contributed by atoms with Crippen molar-refractivity contribution < 1.29 is 4.74 Å². The lowest BCUT2D eigenvalue weighted by Gasteiger charge is -2.28. The molecule has 0 radical (unpaired) electrons. The minimum atomic E-state index is 0.141. The van der Waals surface area contributed by atoms with Crippen LogP contribution in [0, 0.1) is 20.8 Å². The molecule has 1 unspecified atom stereocenters. The Morgan fingerprint density at radius 2 is 2.10 bits per heavy atom. The van der Waals surface area contributed by atoms with Crippen molar-refractivity contribution in [2.75, 3.05) is 13.2 Å². The molecular weight excluding hydrogens is 410 g/mol. The number of nitrogens with zero attached hydrogens (tertiary/aromatic N) is 5. The maximum Gasteiger partial charge on any atom is 0.192 e. The predicted molar refractivity (Wildman–Crippen MR) is 123 cm³/mol. The van der Waals surface area contributed by atoms with Gasteiger partial charge >= 0.3 is 0 Å². The van der Waals surface area contributed by atoms with Crippen LogP contribution in [0.15, 0.2) is 29.3 Å². The van der Waals surface area contributed by atoms with Crippen LogP contribution in [0.1, 0.15) is 45.3 Å². The zero-order chi connectivity index (χ0) is 21.8. The molecule has 164 valence electrons. The van der Waals surface area contributed by atoms with E-state index in [0.29, 0.717) is 13.2 Å². The number of ether oxygens (including phenoxy) is 1. The summed E-state index contributed by atoms with van der Waals surface area (Å²) in [5, 5.41) is 16.6. The summed E-state index contributed by atoms with van der Waals surface area (Å²) in [7, 11) is 1.96. The summed E-state index contributed by atoms with van der Waals surface area (Å²) >= 11 is 1.76. The molecule has 3 heterocycles. The zero-order valence-corrected chi connectivity index (χ0v) is 19.3. The van der Waals surface area contributed by atoms with Crippen LogP contribution < -0.4 is 15.4 Å². The van der Waals surface area contributed by atoms with E-state index in [1.807, 2.05) is 36.7 Å². The quantitative estimate of drug-likeness (QED) is 0.453. The summed E-state index contributed by atoms with van der Waals surface area (Å²) in [5.41, 5.74) is 2.27. The smallest absolute Gasteiger partial charge is 0.192 e. The van der Waals surface area contributed by atoms with Crippen LogP contribution in [0.5, 0.6) is 5.75 Å². The first-order valence-electron chi connectivity index (χ1n) is 10.6. The highest BCUT2D eigenvalue weighted by atomic mass is 32.1. The van der Waals surface area contributed by atoms with Gasteiger partial charge in [-0.3, -0.25) is 0 Å². The minimum Gasteiger partial charge on any atom is -0.493 e. The maximum absolute atomic E-state index is 5.81. The van der Waals surface area contributed by atoms with E-state index in [4.69, 9.17) is 9.73 Å². The number of fused-ring (bicyclic) bond motifs is 1. The van der Waals surface area contributed by atoms with Crippen molar-refractivity contribution in [3.05, 3.63) is 57.1 Å². The molecular formula is C22H29N7OS. The van der Waals surface area contributed by atoms with Gasteiger partial charge in [-0.1, -0.05) is 18.2 Å². The molecule has 8 nitrogen and oxygen atoms in total. The molecule has 0 saturated carbocycles. The molecule has 1 atom stereocenters. The highest BCUT2D eigenvalue weighted by Gasteiger charge is 2.22. The minimum absolute atomic E-state index is 0.141. The second-order valence-corrected chi connectivity index (χ2v) is 8.97. The molecule has 1 aliphatic rings. The van der Waals surface area contributed by atoms with E-state index in [2.05, 4.69) is 45.7 Å². The third kappa shape index (κ3) is 5.04. The van der Waals surface area contributed by atoms with Gasteiger partial charge in [0.1, 0.15) is 18.1 Å². The second-order valence-electron chi connectivity index (χ2n) is 7.69. The van der Waals surface area contributed by atoms with Crippen molar-refractivity contribution in [3.8, 4) is 5.75 Å². The van der Waals surface area contributed by atoms with E-state index in [-0.39, 0.29) is 6.04 Å². The number of benzene rings is 1. The number of rotatable bonds is 6. The highest BCUT2D eigenvalue weighted by Crippen LogP contribution is 2.31. The Kier molecular flexibility index (Phi) is 6.50. The SMILES string of the molecule is Cc1nc(CCNC(=NCc2nnc(C)n2C)NC2CCOc3ccccc32)sc1C. The van der Waals surface area contributed by atoms with Gasteiger partial charge in [0, 0.05) is 36.9 Å². The molecule has 1 aliphatic heterocycles. The van der Waals surface area contributed by atoms with Crippen molar-refractivity contribution in [1.82, 2.24) is 30.4 Å². The lowest BCUT2D eigenvalue weighted by atomic mass is 10.0. The summed E-state index contributed by atoms with van der Waals surface area (Å²) in [4.78, 5) is 10.7. The molecule has 0 aliphatic carbocycles. The van der Waals surface area contributed by atoms with Crippen LogP contribution in [0.25, 0.3) is 0 Å². The Bertz CT molecular complexity index is 1050. The molecule has 0 amide bonds. The van der Waals surface area contributed by atoms with E-state index >= 15 is 0 Å². The molecule has 1 aromatic carbocycles. The van der Waals surface area contributed by atoms with E-state index in [1.165, 1.54) is 4.88 Å². The lowest BCUT2D eigenvalue weighted by Crippen LogP contribution is -2.42. The van der Waals surface area contributed by atoms with Crippen molar-refractivity contribution in [3.63, 3.8) is 0 Å². The normalized spacial score (nSPS) is 16.0. The monoisotopic (exact) mass is 439 g/mol. The van der Waals surface area contributed by atoms with Crippen molar-refractivity contribution >= 4 is 17.3 Å². The van der Waals surface area contributed by atoms with Gasteiger partial charge in [0.05, 0.1) is 23.4 Å². The molecule has 0 fully saturated rings. The molecule has 9 heteroatoms. The average Bonchev–Trinajstić information content (AvgIpc) is 3.26. The zero-order valence-electron chi connectivity index (χ0n) is 18.5. The Labute approximate surface area is 186 Å². The molecule has 2 N–H and O–H groups in total. The molecule has 0 saturated heterocycles. The first-order valence-corrected chi connectivity index (χ1v) is 11.4. The first kappa shape index (κ1) is 21.3. The standard InChI is InChI=1S/C22H29N7OS/c1-14-15(2)31-21(25-14)9-11-23-22(24-13-20-28-27-16(3)29(20)4)26-18-10-12-30-19-8-6-5-7-17(18)19/h5-8,18H,9-13H2,1-4H3,(H2,23,24,26). The number of nitrogens with one attached hydrogen (secondary N) is 2. The lowest BCUT2D eigenvalue weighted by molar-refractivity contribution is 0.261. The number of aliphatic imine (C=N–C) groups is 1. The summed E-state index contributed by atoms with van der Waals surface area (Å²) in [6.07, 6.45) is 1.74. The third-order valence-electron chi connectivity index (χ3n) is 5.53. The molecule has 31 heavy (non-hydrogen) atoms. The van der Waals surface area contributed by atoms with Gasteiger partial charge in [-0.15, -0.1) is 21.5 Å². The molecule has 4 rings (SSSR count).